The van der Waals surface area contributed by atoms with Crippen LogP contribution in [-0.2, 0) is 73.0 Å². The first kappa shape index (κ1) is 45.5. The second kappa shape index (κ2) is 37.8. The van der Waals surface area contributed by atoms with Gasteiger partial charge in [-0.05, 0) is 5.56 Å². The van der Waals surface area contributed by atoms with Crippen molar-refractivity contribution in [2.45, 2.75) is 13.0 Å². The van der Waals surface area contributed by atoms with Gasteiger partial charge >= 0.3 is 12.1 Å². The standard InChI is InChI=1S/C34H59NO15/c1-38-33(36)7-9-39-11-13-41-15-17-43-19-21-45-23-25-47-27-29-49-30-28-48-26-24-46-22-20-44-18-16-42-14-12-40-10-8-35-34(37)50-31-32-5-3-2-4-6-32/h2-6H,7-31H2,1H3,(H,35,37). The first-order chi connectivity index (χ1) is 24.7. The molecule has 1 amide bonds. The summed E-state index contributed by atoms with van der Waals surface area (Å²) in [6, 6.07) is 9.49. The number of methoxy groups -OCH3 is 1. The van der Waals surface area contributed by atoms with E-state index in [1.54, 1.807) is 0 Å². The number of rotatable bonds is 38. The molecule has 1 aromatic carbocycles. The third-order valence-corrected chi connectivity index (χ3v) is 6.13. The zero-order chi connectivity index (χ0) is 35.8. The Morgan fingerprint density at radius 1 is 0.460 bits per heavy atom. The van der Waals surface area contributed by atoms with Crippen molar-refractivity contribution in [2.75, 3.05) is 159 Å². The van der Waals surface area contributed by atoms with Gasteiger partial charge in [-0.3, -0.25) is 4.79 Å². The van der Waals surface area contributed by atoms with Gasteiger partial charge in [0.2, 0.25) is 0 Å². The van der Waals surface area contributed by atoms with Crippen LogP contribution in [0.1, 0.15) is 12.0 Å². The number of hydrogen-bond donors (Lipinski definition) is 1. The fourth-order valence-corrected chi connectivity index (χ4v) is 3.56. The van der Waals surface area contributed by atoms with E-state index in [4.69, 9.17) is 56.8 Å². The highest BCUT2D eigenvalue weighted by molar-refractivity contribution is 5.69. The van der Waals surface area contributed by atoms with Gasteiger partial charge < -0.3 is 66.9 Å². The molecule has 0 spiro atoms. The van der Waals surface area contributed by atoms with Gasteiger partial charge in [-0.15, -0.1) is 0 Å². The highest BCUT2D eigenvalue weighted by Gasteiger charge is 2.02. The number of benzene rings is 1. The van der Waals surface area contributed by atoms with Crippen molar-refractivity contribution in [1.82, 2.24) is 5.32 Å². The number of amides is 1. The van der Waals surface area contributed by atoms with Gasteiger partial charge in [-0.25, -0.2) is 4.79 Å². The van der Waals surface area contributed by atoms with E-state index in [1.807, 2.05) is 30.3 Å². The molecule has 0 radical (unpaired) electrons. The van der Waals surface area contributed by atoms with Gasteiger partial charge in [0.05, 0.1) is 159 Å². The third kappa shape index (κ3) is 34.0. The lowest BCUT2D eigenvalue weighted by Gasteiger charge is -2.09. The zero-order valence-electron chi connectivity index (χ0n) is 29.7. The van der Waals surface area contributed by atoms with Crippen LogP contribution < -0.4 is 5.32 Å². The Labute approximate surface area is 296 Å². The van der Waals surface area contributed by atoms with Crippen LogP contribution in [0.25, 0.3) is 0 Å². The van der Waals surface area contributed by atoms with Crippen LogP contribution in [0, 0.1) is 0 Å². The molecule has 0 saturated carbocycles. The van der Waals surface area contributed by atoms with Gasteiger partial charge in [0.15, 0.2) is 0 Å². The number of hydrogen-bond acceptors (Lipinski definition) is 15. The second-order valence-corrected chi connectivity index (χ2v) is 10.1. The summed E-state index contributed by atoms with van der Waals surface area (Å²) in [6.07, 6.45) is -0.233. The van der Waals surface area contributed by atoms with Crippen LogP contribution in [0.3, 0.4) is 0 Å². The van der Waals surface area contributed by atoms with Crippen LogP contribution in [-0.4, -0.2) is 171 Å². The van der Waals surface area contributed by atoms with E-state index in [9.17, 15) is 9.59 Å². The summed E-state index contributed by atoms with van der Waals surface area (Å²) in [7, 11) is 1.35. The van der Waals surface area contributed by atoms with E-state index in [0.717, 1.165) is 5.56 Å². The molecule has 50 heavy (non-hydrogen) atoms. The monoisotopic (exact) mass is 721 g/mol. The molecule has 0 heterocycles. The van der Waals surface area contributed by atoms with E-state index in [2.05, 4.69) is 10.1 Å². The summed E-state index contributed by atoms with van der Waals surface area (Å²) in [5.41, 5.74) is 0.934. The van der Waals surface area contributed by atoms with E-state index in [-0.39, 0.29) is 19.0 Å². The summed E-state index contributed by atoms with van der Waals surface area (Å²) >= 11 is 0. The Morgan fingerprint density at radius 3 is 1.12 bits per heavy atom. The fraction of sp³-hybridized carbons (Fsp3) is 0.765. The Balaban J connectivity index is 1.63. The van der Waals surface area contributed by atoms with Crippen molar-refractivity contribution in [1.29, 1.82) is 0 Å². The van der Waals surface area contributed by atoms with Gasteiger partial charge in [-0.1, -0.05) is 30.3 Å². The van der Waals surface area contributed by atoms with Gasteiger partial charge in [0, 0.05) is 6.54 Å². The molecular formula is C34H59NO15. The minimum atomic E-state index is -0.473. The molecule has 0 aliphatic carbocycles. The number of nitrogens with one attached hydrogen (secondary N) is 1. The molecule has 290 valence electrons. The van der Waals surface area contributed by atoms with Crippen LogP contribution in [0.2, 0.25) is 0 Å². The quantitative estimate of drug-likeness (QED) is 0.0774. The molecule has 0 aliphatic rings. The average Bonchev–Trinajstić information content (AvgIpc) is 3.14. The highest BCUT2D eigenvalue weighted by atomic mass is 16.6. The fourth-order valence-electron chi connectivity index (χ4n) is 3.56. The van der Waals surface area contributed by atoms with E-state index in [1.165, 1.54) is 7.11 Å². The third-order valence-electron chi connectivity index (χ3n) is 6.13. The van der Waals surface area contributed by atoms with Gasteiger partial charge in [0.1, 0.15) is 6.61 Å². The molecule has 0 aliphatic heterocycles. The van der Waals surface area contributed by atoms with Crippen molar-refractivity contribution < 1.29 is 71.2 Å². The van der Waals surface area contributed by atoms with Crippen LogP contribution in [0.4, 0.5) is 4.79 Å². The predicted molar refractivity (Wildman–Crippen MR) is 180 cm³/mol. The van der Waals surface area contributed by atoms with Crippen molar-refractivity contribution in [2.24, 2.45) is 0 Å². The van der Waals surface area contributed by atoms with Crippen molar-refractivity contribution >= 4 is 12.1 Å². The molecule has 1 aromatic rings. The maximum Gasteiger partial charge on any atom is 0.407 e. The molecular weight excluding hydrogens is 662 g/mol. The van der Waals surface area contributed by atoms with E-state index in [0.29, 0.717) is 152 Å². The van der Waals surface area contributed by atoms with Crippen molar-refractivity contribution in [3.05, 3.63) is 35.9 Å². The van der Waals surface area contributed by atoms with E-state index >= 15 is 0 Å². The SMILES string of the molecule is COC(=O)CCOCCOCCOCCOCCOCCOCCOCCOCCOCCOCCOCCNC(=O)OCc1ccccc1. The minimum absolute atomic E-state index is 0.234. The first-order valence-electron chi connectivity index (χ1n) is 17.1. The Hall–Kier alpha value is -2.48. The second-order valence-electron chi connectivity index (χ2n) is 10.1. The maximum absolute atomic E-state index is 11.6. The first-order valence-corrected chi connectivity index (χ1v) is 17.1. The molecule has 0 saturated heterocycles. The number of esters is 1. The number of alkyl carbamates (subject to hydrolysis) is 1. The Kier molecular flexibility index (Phi) is 34.4. The maximum atomic E-state index is 11.6. The summed E-state index contributed by atoms with van der Waals surface area (Å²) in [4.78, 5) is 22.6. The Morgan fingerprint density at radius 2 is 0.780 bits per heavy atom. The molecule has 1 rings (SSSR count). The van der Waals surface area contributed by atoms with Crippen LogP contribution in [0.5, 0.6) is 0 Å². The normalized spacial score (nSPS) is 11.1. The molecule has 0 unspecified atom stereocenters. The summed E-state index contributed by atoms with van der Waals surface area (Å²) in [5.74, 6) is -0.290. The topological polar surface area (TPSA) is 166 Å². The summed E-state index contributed by atoms with van der Waals surface area (Å²) < 4.78 is 69.4. The van der Waals surface area contributed by atoms with Crippen molar-refractivity contribution in [3.8, 4) is 0 Å². The molecule has 16 nitrogen and oxygen atoms in total. The summed E-state index contributed by atoms with van der Waals surface area (Å²) in [5, 5.41) is 2.64. The molecule has 0 atom stereocenters. The molecule has 1 N–H and O–H groups in total. The molecule has 0 aromatic heterocycles. The highest BCUT2D eigenvalue weighted by Crippen LogP contribution is 2.00. The molecule has 0 bridgehead atoms. The average molecular weight is 722 g/mol. The lowest BCUT2D eigenvalue weighted by atomic mass is 10.2. The molecule has 0 fully saturated rings. The van der Waals surface area contributed by atoms with Crippen LogP contribution >= 0.6 is 0 Å². The smallest absolute Gasteiger partial charge is 0.407 e. The lowest BCUT2D eigenvalue weighted by Crippen LogP contribution is -2.28. The Bertz CT molecular complexity index is 868. The van der Waals surface area contributed by atoms with Gasteiger partial charge in [-0.2, -0.15) is 0 Å². The zero-order valence-corrected chi connectivity index (χ0v) is 29.7. The lowest BCUT2D eigenvalue weighted by molar-refractivity contribution is -0.141. The summed E-state index contributed by atoms with van der Waals surface area (Å²) in [6.45, 7) is 10.7. The minimum Gasteiger partial charge on any atom is -0.469 e. The van der Waals surface area contributed by atoms with Crippen LogP contribution in [0.15, 0.2) is 30.3 Å². The van der Waals surface area contributed by atoms with E-state index < -0.39 is 6.09 Å². The van der Waals surface area contributed by atoms with Crippen molar-refractivity contribution in [3.63, 3.8) is 0 Å². The molecule has 16 heteroatoms. The largest absolute Gasteiger partial charge is 0.469 e. The predicted octanol–water partition coefficient (Wildman–Crippen LogP) is 1.66. The van der Waals surface area contributed by atoms with Gasteiger partial charge in [0.25, 0.3) is 0 Å². The number of ether oxygens (including phenoxy) is 13. The number of carbonyl (C=O) groups excluding carboxylic acids is 2. The number of carbonyl (C=O) groups is 2.